The van der Waals surface area contributed by atoms with Crippen LogP contribution in [0.3, 0.4) is 0 Å². The summed E-state index contributed by atoms with van der Waals surface area (Å²) in [4.78, 5) is 27.4. The van der Waals surface area contributed by atoms with Gasteiger partial charge in [-0.05, 0) is 52.5 Å². The summed E-state index contributed by atoms with van der Waals surface area (Å²) < 4.78 is 30.5. The van der Waals surface area contributed by atoms with Crippen LogP contribution in [-0.2, 0) is 6.54 Å². The van der Waals surface area contributed by atoms with Crippen LogP contribution in [0.5, 0.6) is 0 Å². The fraction of sp³-hybridized carbons (Fsp3) is 0.650. The zero-order valence-electron chi connectivity index (χ0n) is 17.1. The van der Waals surface area contributed by atoms with Gasteiger partial charge < -0.3 is 5.43 Å². The normalized spacial score (nSPS) is 21.7. The molecule has 2 aliphatic rings. The van der Waals surface area contributed by atoms with Crippen molar-refractivity contribution in [1.82, 2.24) is 14.6 Å². The van der Waals surface area contributed by atoms with Crippen LogP contribution in [0.1, 0.15) is 62.9 Å². The molecule has 0 radical (unpaired) electrons. The second kappa shape index (κ2) is 6.75. The lowest BCUT2D eigenvalue weighted by atomic mass is 9.81. The third-order valence-electron chi connectivity index (χ3n) is 5.60. The molecule has 0 bridgehead atoms. The third kappa shape index (κ3) is 3.65. The zero-order chi connectivity index (χ0) is 21.1. The molecule has 29 heavy (non-hydrogen) atoms. The highest BCUT2D eigenvalue weighted by atomic mass is 32.1. The Morgan fingerprint density at radius 3 is 2.48 bits per heavy atom. The number of rotatable bonds is 5. The predicted molar refractivity (Wildman–Crippen MR) is 112 cm³/mol. The molecule has 1 atom stereocenters. The van der Waals surface area contributed by atoms with E-state index < -0.39 is 17.5 Å². The van der Waals surface area contributed by atoms with Crippen LogP contribution in [0, 0.1) is 12.8 Å². The molecule has 2 aromatic rings. The number of nitrogens with zero attached hydrogens (tertiary/aromatic N) is 3. The van der Waals surface area contributed by atoms with Gasteiger partial charge in [0.15, 0.2) is 0 Å². The molecule has 2 heterocycles. The topological polar surface area (TPSA) is 68.4 Å². The van der Waals surface area contributed by atoms with Gasteiger partial charge in [-0.15, -0.1) is 11.3 Å². The monoisotopic (exact) mass is 424 g/mol. The van der Waals surface area contributed by atoms with Gasteiger partial charge >= 0.3 is 5.69 Å². The van der Waals surface area contributed by atoms with Crippen LogP contribution >= 0.6 is 11.3 Å². The Morgan fingerprint density at radius 2 is 1.97 bits per heavy atom. The van der Waals surface area contributed by atoms with Gasteiger partial charge in [0, 0.05) is 30.5 Å². The first-order valence-corrected chi connectivity index (χ1v) is 10.8. The average Bonchev–Trinajstić information content (AvgIpc) is 3.37. The lowest BCUT2D eigenvalue weighted by Gasteiger charge is -2.36. The first kappa shape index (κ1) is 20.3. The standard InChI is InChI=1S/C20H26F2N4O2S/c1-11-14(9-23-24-19(2,3)4)29-17-15(11)16(27)26(13-5-6-13)18(28)25(17)10-12-7-8-20(12,21)22/h9,12-13,24H,5-8,10H2,1-4H3. The van der Waals surface area contributed by atoms with E-state index in [1.54, 1.807) is 6.21 Å². The number of hydrogen-bond acceptors (Lipinski definition) is 5. The van der Waals surface area contributed by atoms with Gasteiger partial charge in [0.2, 0.25) is 0 Å². The summed E-state index contributed by atoms with van der Waals surface area (Å²) in [6, 6.07) is -0.119. The quantitative estimate of drug-likeness (QED) is 0.589. The second-order valence-electron chi connectivity index (χ2n) is 9.19. The maximum Gasteiger partial charge on any atom is 0.332 e. The minimum absolute atomic E-state index is 0.0634. The number of nitrogens with one attached hydrogen (secondary N) is 1. The summed E-state index contributed by atoms with van der Waals surface area (Å²) >= 11 is 1.26. The lowest BCUT2D eigenvalue weighted by Crippen LogP contribution is -2.46. The summed E-state index contributed by atoms with van der Waals surface area (Å²) in [6.07, 6.45) is 3.43. The maximum absolute atomic E-state index is 13.9. The van der Waals surface area contributed by atoms with Gasteiger partial charge in [-0.3, -0.25) is 13.9 Å². The lowest BCUT2D eigenvalue weighted by molar-refractivity contribution is -0.137. The van der Waals surface area contributed by atoms with Gasteiger partial charge in [-0.1, -0.05) is 0 Å². The van der Waals surface area contributed by atoms with Gasteiger partial charge in [-0.25, -0.2) is 13.6 Å². The number of fused-ring (bicyclic) bond motifs is 1. The molecule has 1 N–H and O–H groups in total. The van der Waals surface area contributed by atoms with Crippen molar-refractivity contribution in [2.45, 2.75) is 77.4 Å². The van der Waals surface area contributed by atoms with Crippen molar-refractivity contribution in [1.29, 1.82) is 0 Å². The van der Waals surface area contributed by atoms with E-state index in [2.05, 4.69) is 10.5 Å². The Labute approximate surface area is 171 Å². The van der Waals surface area contributed by atoms with Crippen molar-refractivity contribution in [2.75, 3.05) is 0 Å². The van der Waals surface area contributed by atoms with Crippen LogP contribution in [-0.4, -0.2) is 26.8 Å². The van der Waals surface area contributed by atoms with Crippen molar-refractivity contribution >= 4 is 27.8 Å². The highest BCUT2D eigenvalue weighted by Gasteiger charge is 2.48. The van der Waals surface area contributed by atoms with Gasteiger partial charge in [0.1, 0.15) is 4.83 Å². The SMILES string of the molecule is Cc1c(C=NNC(C)(C)C)sc2c1c(=O)n(C1CC1)c(=O)n2CC1CCC1(F)F. The molecule has 158 valence electrons. The highest BCUT2D eigenvalue weighted by molar-refractivity contribution is 7.20. The zero-order valence-corrected chi connectivity index (χ0v) is 17.9. The number of thiophene rings is 1. The Hall–Kier alpha value is -2.03. The molecular formula is C20H26F2N4O2S. The molecule has 2 aliphatic carbocycles. The highest BCUT2D eigenvalue weighted by Crippen LogP contribution is 2.44. The molecule has 0 saturated heterocycles. The molecule has 2 saturated carbocycles. The minimum atomic E-state index is -2.75. The Morgan fingerprint density at radius 1 is 1.28 bits per heavy atom. The first-order chi connectivity index (χ1) is 13.5. The van der Waals surface area contributed by atoms with E-state index in [0.717, 1.165) is 23.3 Å². The maximum atomic E-state index is 13.9. The molecule has 1 unspecified atom stereocenters. The van der Waals surface area contributed by atoms with E-state index >= 15 is 0 Å². The van der Waals surface area contributed by atoms with Crippen molar-refractivity contribution in [2.24, 2.45) is 11.0 Å². The van der Waals surface area contributed by atoms with Crippen molar-refractivity contribution in [3.8, 4) is 0 Å². The minimum Gasteiger partial charge on any atom is -0.305 e. The molecular weight excluding hydrogens is 398 g/mol. The van der Waals surface area contributed by atoms with Crippen molar-refractivity contribution in [3.05, 3.63) is 31.3 Å². The van der Waals surface area contributed by atoms with E-state index in [1.165, 1.54) is 20.5 Å². The van der Waals surface area contributed by atoms with Gasteiger partial charge in [0.25, 0.3) is 11.5 Å². The fourth-order valence-electron chi connectivity index (χ4n) is 3.62. The van der Waals surface area contributed by atoms with Crippen LogP contribution in [0.2, 0.25) is 0 Å². The number of aryl methyl sites for hydroxylation is 1. The molecule has 0 spiro atoms. The molecule has 2 aromatic heterocycles. The van der Waals surface area contributed by atoms with Crippen molar-refractivity contribution in [3.63, 3.8) is 0 Å². The molecule has 0 aromatic carbocycles. The Balaban J connectivity index is 1.85. The van der Waals surface area contributed by atoms with Crippen molar-refractivity contribution < 1.29 is 8.78 Å². The number of halogens is 2. The molecule has 9 heteroatoms. The van der Waals surface area contributed by atoms with E-state index in [0.29, 0.717) is 16.6 Å². The number of alkyl halides is 2. The average molecular weight is 425 g/mol. The van der Waals surface area contributed by atoms with E-state index in [1.807, 2.05) is 27.7 Å². The third-order valence-corrected chi connectivity index (χ3v) is 6.85. The first-order valence-electron chi connectivity index (χ1n) is 9.96. The van der Waals surface area contributed by atoms with Gasteiger partial charge in [0.05, 0.1) is 16.5 Å². The van der Waals surface area contributed by atoms with Gasteiger partial charge in [-0.2, -0.15) is 5.10 Å². The molecule has 6 nitrogen and oxygen atoms in total. The number of aromatic nitrogens is 2. The predicted octanol–water partition coefficient (Wildman–Crippen LogP) is 3.64. The summed E-state index contributed by atoms with van der Waals surface area (Å²) in [5.41, 5.74) is 2.75. The van der Waals surface area contributed by atoms with E-state index in [9.17, 15) is 18.4 Å². The summed E-state index contributed by atoms with van der Waals surface area (Å²) in [5, 5.41) is 4.70. The van der Waals surface area contributed by atoms with E-state index in [4.69, 9.17) is 0 Å². The van der Waals surface area contributed by atoms with Crippen LogP contribution in [0.25, 0.3) is 10.2 Å². The molecule has 2 fully saturated rings. The van der Waals surface area contributed by atoms with Crippen LogP contribution < -0.4 is 16.7 Å². The summed E-state index contributed by atoms with van der Waals surface area (Å²) in [5.74, 6) is -3.62. The number of hydrogen-bond donors (Lipinski definition) is 1. The summed E-state index contributed by atoms with van der Waals surface area (Å²) in [7, 11) is 0. The molecule has 4 rings (SSSR count). The van der Waals surface area contributed by atoms with Crippen LogP contribution in [0.15, 0.2) is 14.7 Å². The van der Waals surface area contributed by atoms with E-state index in [-0.39, 0.29) is 30.1 Å². The molecule has 0 aliphatic heterocycles. The smallest absolute Gasteiger partial charge is 0.305 e. The number of hydrazone groups is 1. The largest absolute Gasteiger partial charge is 0.332 e. The second-order valence-corrected chi connectivity index (χ2v) is 10.2. The van der Waals surface area contributed by atoms with Crippen LogP contribution in [0.4, 0.5) is 8.78 Å². The fourth-order valence-corrected chi connectivity index (χ4v) is 4.79. The molecule has 0 amide bonds. The Kier molecular flexibility index (Phi) is 4.72. The Bertz CT molecular complexity index is 1100. The summed E-state index contributed by atoms with van der Waals surface area (Å²) in [6.45, 7) is 7.70.